The van der Waals surface area contributed by atoms with E-state index in [-0.39, 0.29) is 6.03 Å². The summed E-state index contributed by atoms with van der Waals surface area (Å²) in [6.45, 7) is 0.477. The van der Waals surface area contributed by atoms with Crippen LogP contribution >= 0.6 is 0 Å². The third kappa shape index (κ3) is 3.65. The van der Waals surface area contributed by atoms with E-state index in [0.717, 1.165) is 24.1 Å². The summed E-state index contributed by atoms with van der Waals surface area (Å²) < 4.78 is 0. The molecule has 1 aliphatic rings. The zero-order valence-electron chi connectivity index (χ0n) is 10.6. The molecule has 1 aliphatic carbocycles. The van der Waals surface area contributed by atoms with Crippen molar-refractivity contribution < 1.29 is 4.79 Å². The molecule has 4 nitrogen and oxygen atoms in total. The molecule has 4 N–H and O–H groups in total. The van der Waals surface area contributed by atoms with E-state index < -0.39 is 0 Å². The van der Waals surface area contributed by atoms with Crippen molar-refractivity contribution in [2.24, 2.45) is 0 Å². The minimum atomic E-state index is -0.0925. The summed E-state index contributed by atoms with van der Waals surface area (Å²) in [7, 11) is 0. The topological polar surface area (TPSA) is 67.1 Å². The molecule has 1 aromatic carbocycles. The number of hydrogen-bond donors (Lipinski definition) is 3. The molecule has 0 bridgehead atoms. The third-order valence-corrected chi connectivity index (χ3v) is 3.43. The Bertz CT molecular complexity index is 400. The number of carbonyl (C=O) groups is 1. The van der Waals surface area contributed by atoms with Crippen LogP contribution in [0.1, 0.15) is 37.7 Å². The van der Waals surface area contributed by atoms with Gasteiger partial charge in [0.2, 0.25) is 0 Å². The molecule has 0 heterocycles. The van der Waals surface area contributed by atoms with Crippen LogP contribution in [0.2, 0.25) is 0 Å². The van der Waals surface area contributed by atoms with E-state index in [2.05, 4.69) is 10.6 Å². The van der Waals surface area contributed by atoms with Gasteiger partial charge >= 0.3 is 6.03 Å². The smallest absolute Gasteiger partial charge is 0.315 e. The van der Waals surface area contributed by atoms with Crippen molar-refractivity contribution in [3.05, 3.63) is 29.8 Å². The molecule has 98 valence electrons. The van der Waals surface area contributed by atoms with Crippen LogP contribution in [0.25, 0.3) is 0 Å². The van der Waals surface area contributed by atoms with E-state index in [4.69, 9.17) is 5.73 Å². The van der Waals surface area contributed by atoms with E-state index in [1.807, 2.05) is 24.3 Å². The van der Waals surface area contributed by atoms with Crippen LogP contribution in [0, 0.1) is 0 Å². The molecule has 1 aromatic rings. The summed E-state index contributed by atoms with van der Waals surface area (Å²) in [4.78, 5) is 11.7. The summed E-state index contributed by atoms with van der Waals surface area (Å²) in [6, 6.07) is 7.83. The Morgan fingerprint density at radius 2 is 1.94 bits per heavy atom. The molecule has 0 saturated heterocycles. The molecule has 0 atom stereocenters. The molecule has 0 aromatic heterocycles. The molecule has 2 rings (SSSR count). The van der Waals surface area contributed by atoms with Gasteiger partial charge in [-0.15, -0.1) is 0 Å². The Hall–Kier alpha value is -1.71. The maximum absolute atomic E-state index is 11.7. The van der Waals surface area contributed by atoms with Crippen LogP contribution in [0.5, 0.6) is 0 Å². The Kier molecular flexibility index (Phi) is 4.45. The molecular weight excluding hydrogens is 226 g/mol. The number of carbonyl (C=O) groups excluding carboxylic acids is 1. The predicted octanol–water partition coefficient (Wildman–Crippen LogP) is 2.40. The molecule has 0 spiro atoms. The highest BCUT2D eigenvalue weighted by molar-refractivity contribution is 5.74. The van der Waals surface area contributed by atoms with Gasteiger partial charge in [-0.1, -0.05) is 37.5 Å². The SMILES string of the molecule is Nc1ccccc1CNC(=O)NC1CCCCC1. The number of benzene rings is 1. The number of nitrogens with one attached hydrogen (secondary N) is 2. The van der Waals surface area contributed by atoms with Crippen molar-refractivity contribution in [2.75, 3.05) is 5.73 Å². The van der Waals surface area contributed by atoms with Gasteiger partial charge in [-0.25, -0.2) is 4.79 Å². The first kappa shape index (κ1) is 12.7. The predicted molar refractivity (Wildman–Crippen MR) is 73.1 cm³/mol. The van der Waals surface area contributed by atoms with Gasteiger partial charge in [0.15, 0.2) is 0 Å². The van der Waals surface area contributed by atoms with Crippen LogP contribution in [-0.4, -0.2) is 12.1 Å². The van der Waals surface area contributed by atoms with Crippen molar-refractivity contribution >= 4 is 11.7 Å². The van der Waals surface area contributed by atoms with Crippen LogP contribution in [0.4, 0.5) is 10.5 Å². The zero-order valence-corrected chi connectivity index (χ0v) is 10.6. The first-order chi connectivity index (χ1) is 8.75. The number of para-hydroxylation sites is 1. The Balaban J connectivity index is 1.76. The van der Waals surface area contributed by atoms with Crippen LogP contribution in [0.3, 0.4) is 0 Å². The van der Waals surface area contributed by atoms with Crippen molar-refractivity contribution in [3.63, 3.8) is 0 Å². The lowest BCUT2D eigenvalue weighted by Gasteiger charge is -2.22. The number of hydrogen-bond acceptors (Lipinski definition) is 2. The molecule has 1 fully saturated rings. The summed E-state index contributed by atoms with van der Waals surface area (Å²) in [5, 5.41) is 5.87. The zero-order chi connectivity index (χ0) is 12.8. The van der Waals surface area contributed by atoms with E-state index in [1.165, 1.54) is 19.3 Å². The second-order valence-corrected chi connectivity index (χ2v) is 4.86. The Morgan fingerprint density at radius 1 is 1.22 bits per heavy atom. The number of rotatable bonds is 3. The van der Waals surface area contributed by atoms with E-state index >= 15 is 0 Å². The number of nitrogen functional groups attached to an aromatic ring is 1. The average Bonchev–Trinajstić information content (AvgIpc) is 2.39. The fourth-order valence-corrected chi connectivity index (χ4v) is 2.35. The van der Waals surface area contributed by atoms with Crippen molar-refractivity contribution in [1.29, 1.82) is 0 Å². The second kappa shape index (κ2) is 6.28. The lowest BCUT2D eigenvalue weighted by Crippen LogP contribution is -2.42. The van der Waals surface area contributed by atoms with Gasteiger partial charge in [-0.2, -0.15) is 0 Å². The van der Waals surface area contributed by atoms with E-state index in [1.54, 1.807) is 0 Å². The fraction of sp³-hybridized carbons (Fsp3) is 0.500. The lowest BCUT2D eigenvalue weighted by molar-refractivity contribution is 0.232. The molecule has 2 amide bonds. The highest BCUT2D eigenvalue weighted by atomic mass is 16.2. The minimum absolute atomic E-state index is 0.0925. The number of nitrogens with two attached hydrogens (primary N) is 1. The Labute approximate surface area is 108 Å². The van der Waals surface area contributed by atoms with Gasteiger partial charge in [0, 0.05) is 18.3 Å². The van der Waals surface area contributed by atoms with Crippen LogP contribution in [-0.2, 0) is 6.54 Å². The first-order valence-electron chi connectivity index (χ1n) is 6.63. The van der Waals surface area contributed by atoms with Gasteiger partial charge in [-0.05, 0) is 24.5 Å². The fourth-order valence-electron chi connectivity index (χ4n) is 2.35. The lowest BCUT2D eigenvalue weighted by atomic mass is 9.96. The van der Waals surface area contributed by atoms with Gasteiger partial charge in [0.25, 0.3) is 0 Å². The summed E-state index contributed by atoms with van der Waals surface area (Å²) >= 11 is 0. The monoisotopic (exact) mass is 247 g/mol. The summed E-state index contributed by atoms with van der Waals surface area (Å²) in [5.74, 6) is 0. The molecule has 0 aliphatic heterocycles. The molecule has 0 radical (unpaired) electrons. The highest BCUT2D eigenvalue weighted by Gasteiger charge is 2.15. The third-order valence-electron chi connectivity index (χ3n) is 3.43. The second-order valence-electron chi connectivity index (χ2n) is 4.86. The highest BCUT2D eigenvalue weighted by Crippen LogP contribution is 2.17. The summed E-state index contributed by atoms with van der Waals surface area (Å²) in [5.41, 5.74) is 7.49. The van der Waals surface area contributed by atoms with Gasteiger partial charge in [-0.3, -0.25) is 0 Å². The minimum Gasteiger partial charge on any atom is -0.398 e. The largest absolute Gasteiger partial charge is 0.398 e. The van der Waals surface area contributed by atoms with E-state index in [0.29, 0.717) is 12.6 Å². The van der Waals surface area contributed by atoms with Gasteiger partial charge < -0.3 is 16.4 Å². The molecule has 4 heteroatoms. The normalized spacial score (nSPS) is 16.2. The first-order valence-corrected chi connectivity index (χ1v) is 6.63. The quantitative estimate of drug-likeness (QED) is 0.718. The van der Waals surface area contributed by atoms with Gasteiger partial charge in [0.1, 0.15) is 0 Å². The van der Waals surface area contributed by atoms with Crippen LogP contribution in [0.15, 0.2) is 24.3 Å². The van der Waals surface area contributed by atoms with Crippen molar-refractivity contribution in [1.82, 2.24) is 10.6 Å². The molecular formula is C14H21N3O. The van der Waals surface area contributed by atoms with E-state index in [9.17, 15) is 4.79 Å². The maximum Gasteiger partial charge on any atom is 0.315 e. The molecule has 18 heavy (non-hydrogen) atoms. The number of urea groups is 1. The van der Waals surface area contributed by atoms with Crippen molar-refractivity contribution in [3.8, 4) is 0 Å². The number of anilines is 1. The molecule has 1 saturated carbocycles. The molecule has 0 unspecified atom stereocenters. The van der Waals surface area contributed by atoms with Crippen LogP contribution < -0.4 is 16.4 Å². The Morgan fingerprint density at radius 3 is 2.67 bits per heavy atom. The summed E-state index contributed by atoms with van der Waals surface area (Å²) in [6.07, 6.45) is 5.93. The average molecular weight is 247 g/mol. The standard InChI is InChI=1S/C14H21N3O/c15-13-9-5-4-6-11(13)10-16-14(18)17-12-7-2-1-3-8-12/h4-6,9,12H,1-3,7-8,10,15H2,(H2,16,17,18). The van der Waals surface area contributed by atoms with Gasteiger partial charge in [0.05, 0.1) is 0 Å². The van der Waals surface area contributed by atoms with Crippen molar-refractivity contribution in [2.45, 2.75) is 44.7 Å². The maximum atomic E-state index is 11.7. The number of amides is 2.